The minimum absolute atomic E-state index is 0.163. The fourth-order valence-electron chi connectivity index (χ4n) is 1.73. The van der Waals surface area contributed by atoms with Gasteiger partial charge in [0.1, 0.15) is 11.5 Å². The number of rotatable bonds is 4. The van der Waals surface area contributed by atoms with E-state index in [4.69, 9.17) is 21.2 Å². The Balaban J connectivity index is 2.24. The van der Waals surface area contributed by atoms with Crippen LogP contribution in [0.5, 0.6) is 0 Å². The van der Waals surface area contributed by atoms with Crippen LogP contribution in [-0.4, -0.2) is 16.9 Å². The van der Waals surface area contributed by atoms with Crippen LogP contribution in [0.4, 0.5) is 0 Å². The molecule has 0 amide bonds. The molecule has 0 fully saturated rings. The van der Waals surface area contributed by atoms with Gasteiger partial charge in [-0.25, -0.2) is 0 Å². The first-order valence-corrected chi connectivity index (χ1v) is 5.91. The molecule has 1 aromatic heterocycles. The Kier molecular flexibility index (Phi) is 3.82. The van der Waals surface area contributed by atoms with Crippen LogP contribution in [0, 0.1) is 6.92 Å². The van der Waals surface area contributed by atoms with E-state index in [9.17, 15) is 0 Å². The molecule has 0 bridgehead atoms. The summed E-state index contributed by atoms with van der Waals surface area (Å²) in [5.41, 5.74) is 2.90. The van der Waals surface area contributed by atoms with E-state index in [0.29, 0.717) is 12.8 Å². The van der Waals surface area contributed by atoms with Crippen molar-refractivity contribution in [3.63, 3.8) is 0 Å². The summed E-state index contributed by atoms with van der Waals surface area (Å²) in [6.45, 7) is 2.15. The Labute approximate surface area is 105 Å². The molecule has 0 radical (unpaired) electrons. The minimum atomic E-state index is 0.163. The molecule has 17 heavy (non-hydrogen) atoms. The van der Waals surface area contributed by atoms with Crippen molar-refractivity contribution in [3.05, 3.63) is 40.6 Å². The van der Waals surface area contributed by atoms with E-state index >= 15 is 0 Å². The third kappa shape index (κ3) is 2.87. The molecule has 0 aliphatic carbocycles. The zero-order valence-corrected chi connectivity index (χ0v) is 10.4. The molecule has 1 aromatic carbocycles. The molecule has 0 unspecified atom stereocenters. The molecule has 4 heteroatoms. The summed E-state index contributed by atoms with van der Waals surface area (Å²) in [5.74, 6) is 0.795. The first-order chi connectivity index (χ1) is 8.20. The first kappa shape index (κ1) is 12.1. The minimum Gasteiger partial charge on any atom is -0.396 e. The van der Waals surface area contributed by atoms with Gasteiger partial charge >= 0.3 is 0 Å². The topological polar surface area (TPSA) is 46.3 Å². The normalized spacial score (nSPS) is 10.8. The van der Waals surface area contributed by atoms with Crippen LogP contribution in [0.1, 0.15) is 17.7 Å². The lowest BCUT2D eigenvalue weighted by Gasteiger charge is -2.01. The average molecular weight is 252 g/mol. The van der Waals surface area contributed by atoms with Gasteiger partial charge in [-0.3, -0.25) is 0 Å². The Hall–Kier alpha value is -1.32. The van der Waals surface area contributed by atoms with E-state index in [-0.39, 0.29) is 6.61 Å². The zero-order chi connectivity index (χ0) is 12.3. The number of aliphatic hydroxyl groups excluding tert-OH is 1. The third-order valence-corrected chi connectivity index (χ3v) is 2.84. The van der Waals surface area contributed by atoms with Crippen LogP contribution in [0.15, 0.2) is 28.8 Å². The highest BCUT2D eigenvalue weighted by Gasteiger charge is 2.08. The molecule has 0 aliphatic rings. The van der Waals surface area contributed by atoms with Crippen LogP contribution >= 0.6 is 11.6 Å². The molecule has 1 N–H and O–H groups in total. The second-order valence-corrected chi connectivity index (χ2v) is 4.40. The van der Waals surface area contributed by atoms with Crippen molar-refractivity contribution in [3.8, 4) is 11.3 Å². The fraction of sp³-hybridized carbons (Fsp3) is 0.308. The standard InChI is InChI=1S/C13H14ClNO2/c1-9-7-10(14)4-5-12(9)13-8-11(17-15-13)3-2-6-16/h4-5,7-8,16H,2-3,6H2,1H3. The SMILES string of the molecule is Cc1cc(Cl)ccc1-c1cc(CCCO)on1. The van der Waals surface area contributed by atoms with Crippen molar-refractivity contribution in [1.29, 1.82) is 0 Å². The van der Waals surface area contributed by atoms with Crippen LogP contribution in [0.3, 0.4) is 0 Å². The molecule has 2 aromatic rings. The number of halogens is 1. The molecule has 1 heterocycles. The number of nitrogens with zero attached hydrogens (tertiary/aromatic N) is 1. The molecule has 0 spiro atoms. The highest BCUT2D eigenvalue weighted by atomic mass is 35.5. The lowest BCUT2D eigenvalue weighted by atomic mass is 10.1. The van der Waals surface area contributed by atoms with Crippen LogP contribution < -0.4 is 0 Å². The Bertz CT molecular complexity index is 508. The average Bonchev–Trinajstić information content (AvgIpc) is 2.75. The number of aromatic nitrogens is 1. The zero-order valence-electron chi connectivity index (χ0n) is 9.61. The molecule has 90 valence electrons. The van der Waals surface area contributed by atoms with E-state index in [0.717, 1.165) is 27.6 Å². The van der Waals surface area contributed by atoms with Crippen molar-refractivity contribution >= 4 is 11.6 Å². The van der Waals surface area contributed by atoms with Gasteiger partial charge in [-0.2, -0.15) is 0 Å². The quantitative estimate of drug-likeness (QED) is 0.908. The van der Waals surface area contributed by atoms with Gasteiger partial charge < -0.3 is 9.63 Å². The van der Waals surface area contributed by atoms with Crippen molar-refractivity contribution in [2.45, 2.75) is 19.8 Å². The monoisotopic (exact) mass is 251 g/mol. The maximum Gasteiger partial charge on any atom is 0.137 e. The van der Waals surface area contributed by atoms with E-state index in [1.54, 1.807) is 0 Å². The summed E-state index contributed by atoms with van der Waals surface area (Å²) in [7, 11) is 0. The van der Waals surface area contributed by atoms with Gasteiger partial charge in [-0.05, 0) is 31.0 Å². The summed E-state index contributed by atoms with van der Waals surface area (Å²) < 4.78 is 5.21. The summed E-state index contributed by atoms with van der Waals surface area (Å²) in [4.78, 5) is 0. The van der Waals surface area contributed by atoms with E-state index in [1.165, 1.54) is 0 Å². The van der Waals surface area contributed by atoms with Crippen molar-refractivity contribution < 1.29 is 9.63 Å². The maximum absolute atomic E-state index is 8.75. The highest BCUT2D eigenvalue weighted by molar-refractivity contribution is 6.30. The van der Waals surface area contributed by atoms with Gasteiger partial charge in [-0.15, -0.1) is 0 Å². The molecule has 0 atom stereocenters. The molecular formula is C13H14ClNO2. The molecule has 0 saturated heterocycles. The molecule has 2 rings (SSSR count). The largest absolute Gasteiger partial charge is 0.396 e. The lowest BCUT2D eigenvalue weighted by Crippen LogP contribution is -1.86. The Morgan fingerprint density at radius 3 is 2.88 bits per heavy atom. The summed E-state index contributed by atoms with van der Waals surface area (Å²) in [6, 6.07) is 7.59. The number of aliphatic hydroxyl groups is 1. The summed E-state index contributed by atoms with van der Waals surface area (Å²) >= 11 is 5.91. The smallest absolute Gasteiger partial charge is 0.137 e. The molecule has 3 nitrogen and oxygen atoms in total. The number of benzene rings is 1. The summed E-state index contributed by atoms with van der Waals surface area (Å²) in [6.07, 6.45) is 1.39. The predicted octanol–water partition coefficient (Wildman–Crippen LogP) is 3.23. The fourth-order valence-corrected chi connectivity index (χ4v) is 1.95. The highest BCUT2D eigenvalue weighted by Crippen LogP contribution is 2.25. The molecular weight excluding hydrogens is 238 g/mol. The molecule has 0 aliphatic heterocycles. The van der Waals surface area contributed by atoms with Gasteiger partial charge in [-0.1, -0.05) is 22.8 Å². The Morgan fingerprint density at radius 1 is 1.35 bits per heavy atom. The third-order valence-electron chi connectivity index (χ3n) is 2.60. The van der Waals surface area contributed by atoms with E-state index in [1.807, 2.05) is 31.2 Å². The second kappa shape index (κ2) is 5.34. The van der Waals surface area contributed by atoms with Gasteiger partial charge in [0, 0.05) is 29.7 Å². The maximum atomic E-state index is 8.75. The lowest BCUT2D eigenvalue weighted by molar-refractivity contribution is 0.280. The first-order valence-electron chi connectivity index (χ1n) is 5.53. The van der Waals surface area contributed by atoms with Crippen LogP contribution in [-0.2, 0) is 6.42 Å². The van der Waals surface area contributed by atoms with Gasteiger partial charge in [0.05, 0.1) is 0 Å². The number of hydrogen-bond acceptors (Lipinski definition) is 3. The van der Waals surface area contributed by atoms with Crippen molar-refractivity contribution in [1.82, 2.24) is 5.16 Å². The van der Waals surface area contributed by atoms with Crippen LogP contribution in [0.2, 0.25) is 5.02 Å². The van der Waals surface area contributed by atoms with Crippen molar-refractivity contribution in [2.75, 3.05) is 6.61 Å². The second-order valence-electron chi connectivity index (χ2n) is 3.96. The van der Waals surface area contributed by atoms with Gasteiger partial charge in [0.25, 0.3) is 0 Å². The number of aryl methyl sites for hydroxylation is 2. The van der Waals surface area contributed by atoms with Gasteiger partial charge in [0.2, 0.25) is 0 Å². The summed E-state index contributed by atoms with van der Waals surface area (Å²) in [5, 5.41) is 13.5. The Morgan fingerprint density at radius 2 is 2.18 bits per heavy atom. The van der Waals surface area contributed by atoms with E-state index in [2.05, 4.69) is 5.16 Å². The van der Waals surface area contributed by atoms with Gasteiger partial charge in [0.15, 0.2) is 0 Å². The predicted molar refractivity (Wildman–Crippen MR) is 67.1 cm³/mol. The van der Waals surface area contributed by atoms with Crippen LogP contribution in [0.25, 0.3) is 11.3 Å². The number of hydrogen-bond donors (Lipinski definition) is 1. The van der Waals surface area contributed by atoms with Crippen molar-refractivity contribution in [2.24, 2.45) is 0 Å². The van der Waals surface area contributed by atoms with E-state index < -0.39 is 0 Å². The molecule has 0 saturated carbocycles.